The minimum absolute atomic E-state index is 0.997. The van der Waals surface area contributed by atoms with E-state index >= 15 is 0 Å². The molecule has 0 unspecified atom stereocenters. The average molecular weight is 347 g/mol. The van der Waals surface area contributed by atoms with Gasteiger partial charge in [-0.1, -0.05) is 82.7 Å². The number of halogens is 1. The number of hydrogen-bond acceptors (Lipinski definition) is 0. The van der Waals surface area contributed by atoms with Crippen molar-refractivity contribution >= 4 is 27.1 Å². The van der Waals surface area contributed by atoms with Crippen LogP contribution in [-0.4, -0.2) is 0 Å². The van der Waals surface area contributed by atoms with Gasteiger partial charge in [-0.15, -0.1) is 0 Å². The molecule has 22 heavy (non-hydrogen) atoms. The summed E-state index contributed by atoms with van der Waals surface area (Å²) in [5.41, 5.74) is 8.13. The predicted molar refractivity (Wildman–Crippen MR) is 96.6 cm³/mol. The Morgan fingerprint density at radius 3 is 2.00 bits per heavy atom. The molecular weight excluding hydrogens is 332 g/mol. The second-order valence-electron chi connectivity index (χ2n) is 5.56. The van der Waals surface area contributed by atoms with Gasteiger partial charge in [0.25, 0.3) is 0 Å². The van der Waals surface area contributed by atoms with Crippen LogP contribution < -0.4 is 0 Å². The number of hydrogen-bond donors (Lipinski definition) is 0. The first-order valence-corrected chi connectivity index (χ1v) is 8.25. The van der Waals surface area contributed by atoms with E-state index in [0.717, 1.165) is 10.9 Å². The van der Waals surface area contributed by atoms with Gasteiger partial charge in [0.2, 0.25) is 0 Å². The number of fused-ring (bicyclic) bond motifs is 1. The Morgan fingerprint density at radius 1 is 0.682 bits per heavy atom. The molecule has 0 atom stereocenters. The topological polar surface area (TPSA) is 0 Å². The molecule has 3 aromatic carbocycles. The molecule has 0 saturated heterocycles. The fourth-order valence-electron chi connectivity index (χ4n) is 3.20. The maximum Gasteiger partial charge on any atom is 0.0181 e. The van der Waals surface area contributed by atoms with Crippen molar-refractivity contribution in [3.63, 3.8) is 0 Å². The van der Waals surface area contributed by atoms with Gasteiger partial charge in [-0.2, -0.15) is 0 Å². The predicted octanol–water partition coefficient (Wildman–Crippen LogP) is 5.96. The van der Waals surface area contributed by atoms with Crippen LogP contribution in [0.2, 0.25) is 0 Å². The summed E-state index contributed by atoms with van der Waals surface area (Å²) in [4.78, 5) is 0. The van der Waals surface area contributed by atoms with Crippen molar-refractivity contribution in [3.8, 4) is 0 Å². The van der Waals surface area contributed by atoms with E-state index in [0.29, 0.717) is 0 Å². The van der Waals surface area contributed by atoms with Crippen LogP contribution in [0.4, 0.5) is 0 Å². The number of allylic oxidation sites excluding steroid dienone is 1. The van der Waals surface area contributed by atoms with E-state index in [-0.39, 0.29) is 0 Å². The summed E-state index contributed by atoms with van der Waals surface area (Å²) in [6.07, 6.45) is 0.997. The van der Waals surface area contributed by atoms with Crippen LogP contribution in [0.15, 0.2) is 83.3 Å². The molecule has 0 N–H and O–H groups in total. The molecule has 1 aliphatic carbocycles. The summed E-state index contributed by atoms with van der Waals surface area (Å²) < 4.78 is 1.13. The first-order chi connectivity index (χ1) is 10.8. The van der Waals surface area contributed by atoms with Gasteiger partial charge in [-0.3, -0.25) is 0 Å². The zero-order valence-electron chi connectivity index (χ0n) is 12.1. The maximum atomic E-state index is 3.62. The normalized spacial score (nSPS) is 13.3. The first-order valence-electron chi connectivity index (χ1n) is 7.46. The summed E-state index contributed by atoms with van der Waals surface area (Å²) in [7, 11) is 0. The smallest absolute Gasteiger partial charge is 0.0181 e. The van der Waals surface area contributed by atoms with E-state index in [1.54, 1.807) is 0 Å². The van der Waals surface area contributed by atoms with Crippen LogP contribution in [0, 0.1) is 0 Å². The molecule has 4 rings (SSSR count). The lowest BCUT2D eigenvalue weighted by Crippen LogP contribution is -1.89. The van der Waals surface area contributed by atoms with Crippen molar-refractivity contribution in [1.29, 1.82) is 0 Å². The molecule has 1 heteroatoms. The van der Waals surface area contributed by atoms with Crippen molar-refractivity contribution in [2.45, 2.75) is 6.42 Å². The molecule has 3 aromatic rings. The third-order valence-electron chi connectivity index (χ3n) is 4.19. The Hall–Kier alpha value is -2.12. The summed E-state index contributed by atoms with van der Waals surface area (Å²) in [5, 5.41) is 0. The number of rotatable bonds is 2. The quantitative estimate of drug-likeness (QED) is 0.536. The molecule has 0 nitrogen and oxygen atoms in total. The molecule has 0 aromatic heterocycles. The van der Waals surface area contributed by atoms with Gasteiger partial charge in [0.15, 0.2) is 0 Å². The van der Waals surface area contributed by atoms with Crippen molar-refractivity contribution in [1.82, 2.24) is 0 Å². The maximum absolute atomic E-state index is 3.62. The monoisotopic (exact) mass is 346 g/mol. The summed E-state index contributed by atoms with van der Waals surface area (Å²) in [6, 6.07) is 28.0. The zero-order chi connectivity index (χ0) is 14.9. The fourth-order valence-corrected chi connectivity index (χ4v) is 3.56. The van der Waals surface area contributed by atoms with Gasteiger partial charge < -0.3 is 0 Å². The van der Waals surface area contributed by atoms with Gasteiger partial charge in [0.1, 0.15) is 0 Å². The van der Waals surface area contributed by atoms with Crippen LogP contribution in [0.5, 0.6) is 0 Å². The van der Waals surface area contributed by atoms with Crippen molar-refractivity contribution in [2.24, 2.45) is 0 Å². The van der Waals surface area contributed by atoms with Crippen LogP contribution in [0.3, 0.4) is 0 Å². The average Bonchev–Trinajstić information content (AvgIpc) is 2.95. The highest BCUT2D eigenvalue weighted by Gasteiger charge is 2.23. The lowest BCUT2D eigenvalue weighted by atomic mass is 9.94. The Labute approximate surface area is 139 Å². The highest BCUT2D eigenvalue weighted by atomic mass is 79.9. The van der Waals surface area contributed by atoms with Crippen LogP contribution in [0.25, 0.3) is 11.1 Å². The second kappa shape index (κ2) is 5.58. The largest absolute Gasteiger partial charge is 0.0622 e. The first kappa shape index (κ1) is 13.5. The number of benzene rings is 3. The van der Waals surface area contributed by atoms with Crippen molar-refractivity contribution in [3.05, 3.63) is 106 Å². The standard InChI is InChI=1S/C21H15Br/c22-18-12-11-17-13-19(15-7-3-1-4-8-15)21(20(17)14-18)16-9-5-2-6-10-16/h1-12,14H,13H2. The molecule has 0 aliphatic heterocycles. The van der Waals surface area contributed by atoms with E-state index in [4.69, 9.17) is 0 Å². The molecule has 0 heterocycles. The molecule has 1 aliphatic rings. The van der Waals surface area contributed by atoms with Gasteiger partial charge in [0, 0.05) is 4.47 Å². The van der Waals surface area contributed by atoms with Crippen molar-refractivity contribution in [2.75, 3.05) is 0 Å². The minimum atomic E-state index is 0.997. The van der Waals surface area contributed by atoms with E-state index in [1.165, 1.54) is 33.4 Å². The molecule has 106 valence electrons. The lowest BCUT2D eigenvalue weighted by Gasteiger charge is -2.10. The van der Waals surface area contributed by atoms with Gasteiger partial charge in [-0.05, 0) is 52.0 Å². The molecule has 0 amide bonds. The molecule has 0 fully saturated rings. The van der Waals surface area contributed by atoms with Crippen molar-refractivity contribution < 1.29 is 0 Å². The lowest BCUT2D eigenvalue weighted by molar-refractivity contribution is 1.31. The van der Waals surface area contributed by atoms with E-state index < -0.39 is 0 Å². The Morgan fingerprint density at radius 2 is 1.32 bits per heavy atom. The summed E-state index contributed by atoms with van der Waals surface area (Å²) in [5.74, 6) is 0. The minimum Gasteiger partial charge on any atom is -0.0622 e. The van der Waals surface area contributed by atoms with Gasteiger partial charge in [0.05, 0.1) is 0 Å². The Balaban J connectivity index is 1.98. The molecule has 0 radical (unpaired) electrons. The van der Waals surface area contributed by atoms with Gasteiger partial charge in [-0.25, -0.2) is 0 Å². The third-order valence-corrected chi connectivity index (χ3v) is 4.69. The SMILES string of the molecule is Brc1ccc2c(c1)C(c1ccccc1)=C(c1ccccc1)C2. The van der Waals surface area contributed by atoms with Gasteiger partial charge >= 0.3 is 0 Å². The van der Waals surface area contributed by atoms with E-state index in [1.807, 2.05) is 0 Å². The second-order valence-corrected chi connectivity index (χ2v) is 6.48. The summed E-state index contributed by atoms with van der Waals surface area (Å²) >= 11 is 3.62. The Kier molecular flexibility index (Phi) is 3.44. The third kappa shape index (κ3) is 2.32. The van der Waals surface area contributed by atoms with Crippen LogP contribution >= 0.6 is 15.9 Å². The van der Waals surface area contributed by atoms with Crippen LogP contribution in [0.1, 0.15) is 22.3 Å². The highest BCUT2D eigenvalue weighted by Crippen LogP contribution is 2.42. The highest BCUT2D eigenvalue weighted by molar-refractivity contribution is 9.10. The molecule has 0 spiro atoms. The molecule has 0 bridgehead atoms. The molecular formula is C21H15Br. The zero-order valence-corrected chi connectivity index (χ0v) is 13.7. The van der Waals surface area contributed by atoms with Crippen LogP contribution in [-0.2, 0) is 6.42 Å². The molecule has 0 saturated carbocycles. The van der Waals surface area contributed by atoms with E-state index in [2.05, 4.69) is 94.8 Å². The summed E-state index contributed by atoms with van der Waals surface area (Å²) in [6.45, 7) is 0. The fraction of sp³-hybridized carbons (Fsp3) is 0.0476. The van der Waals surface area contributed by atoms with E-state index in [9.17, 15) is 0 Å². The Bertz CT molecular complexity index is 846.